The van der Waals surface area contributed by atoms with Crippen LogP contribution in [0.2, 0.25) is 0 Å². The van der Waals surface area contributed by atoms with Crippen molar-refractivity contribution < 1.29 is 33.9 Å². The number of hydrogen-bond donors (Lipinski definition) is 3. The monoisotopic (exact) mass is 526 g/mol. The molecule has 0 saturated heterocycles. The Bertz CT molecular complexity index is 888. The van der Waals surface area contributed by atoms with Crippen molar-refractivity contribution in [1.82, 2.24) is 4.90 Å². The summed E-state index contributed by atoms with van der Waals surface area (Å²) in [7, 11) is -1.05. The molecule has 0 aromatic heterocycles. The topological polar surface area (TPSA) is 147 Å². The molecule has 36 heavy (non-hydrogen) atoms. The Morgan fingerprint density at radius 2 is 1.72 bits per heavy atom. The Kier molecular flexibility index (Phi) is 12.3. The average Bonchev–Trinajstić information content (AvgIpc) is 2.81. The predicted octanol–water partition coefficient (Wildman–Crippen LogP) is 3.09. The maximum absolute atomic E-state index is 13.7. The van der Waals surface area contributed by atoms with Crippen molar-refractivity contribution in [1.29, 1.82) is 0 Å². The zero-order valence-electron chi connectivity index (χ0n) is 22.2. The second-order valence-electron chi connectivity index (χ2n) is 10.2. The molecule has 204 valence electrons. The van der Waals surface area contributed by atoms with Crippen LogP contribution in [0.4, 0.5) is 0 Å². The van der Waals surface area contributed by atoms with Crippen LogP contribution in [0.3, 0.4) is 0 Å². The SMILES string of the molecule is CC(C)COC(=O)C(CCCCN)(C(C)(C)O)[C@@]([PH2]=O)(C(=O)O)N(C)C(=O)CCCc1ccccc1. The van der Waals surface area contributed by atoms with Gasteiger partial charge < -0.3 is 30.1 Å². The Labute approximate surface area is 215 Å². The normalized spacial score (nSPS) is 15.4. The van der Waals surface area contributed by atoms with Crippen LogP contribution >= 0.6 is 8.46 Å². The van der Waals surface area contributed by atoms with Crippen LogP contribution in [0, 0.1) is 11.3 Å². The molecule has 10 heteroatoms. The van der Waals surface area contributed by atoms with Gasteiger partial charge in [-0.25, -0.2) is 4.79 Å². The van der Waals surface area contributed by atoms with Gasteiger partial charge >= 0.3 is 11.9 Å². The first kappa shape index (κ1) is 31.8. The molecule has 3 atom stereocenters. The van der Waals surface area contributed by atoms with E-state index in [-0.39, 0.29) is 38.3 Å². The zero-order valence-corrected chi connectivity index (χ0v) is 23.3. The summed E-state index contributed by atoms with van der Waals surface area (Å²) in [5, 5.41) is 19.4. The van der Waals surface area contributed by atoms with E-state index in [0.717, 1.165) is 10.5 Å². The summed E-state index contributed by atoms with van der Waals surface area (Å²) in [6.45, 7) is 6.49. The van der Waals surface area contributed by atoms with E-state index in [4.69, 9.17) is 10.5 Å². The van der Waals surface area contributed by atoms with Crippen LogP contribution in [-0.4, -0.2) is 64.0 Å². The standard InChI is InChI=1S/C26H43N2O7P/c1-19(2)18-35-23(32)25(24(3,4)33,16-9-10-17-27)26(36-34,22(30)31)28(5)21(29)15-11-14-20-12-7-6-8-13-20/h6-8,12-13,19,33H,9-11,14-18,27,36H2,1-5H3,(H,30,31)/t25?,26-/m0/s1. The maximum Gasteiger partial charge on any atom is 0.338 e. The number of ether oxygens (including phenoxy) is 1. The molecular weight excluding hydrogens is 483 g/mol. The summed E-state index contributed by atoms with van der Waals surface area (Å²) in [6.07, 6.45) is 1.53. The first-order valence-electron chi connectivity index (χ1n) is 12.4. The lowest BCUT2D eigenvalue weighted by atomic mass is 9.64. The number of hydrogen-bond acceptors (Lipinski definition) is 7. The summed E-state index contributed by atoms with van der Waals surface area (Å²) in [6, 6.07) is 9.53. The number of aryl methyl sites for hydroxylation is 1. The highest BCUT2D eigenvalue weighted by atomic mass is 31.1. The molecule has 1 rings (SSSR count). The molecule has 9 nitrogen and oxygen atoms in total. The van der Waals surface area contributed by atoms with Gasteiger partial charge in [0.05, 0.1) is 12.2 Å². The number of rotatable bonds is 16. The van der Waals surface area contributed by atoms with Crippen molar-refractivity contribution in [3.8, 4) is 0 Å². The van der Waals surface area contributed by atoms with Gasteiger partial charge in [0.15, 0.2) is 0 Å². The van der Waals surface area contributed by atoms with Gasteiger partial charge in [0.25, 0.3) is 0 Å². The van der Waals surface area contributed by atoms with Crippen molar-refractivity contribution >= 4 is 26.3 Å². The molecule has 0 aliphatic carbocycles. The van der Waals surface area contributed by atoms with Crippen molar-refractivity contribution in [3.05, 3.63) is 35.9 Å². The van der Waals surface area contributed by atoms with E-state index in [1.807, 2.05) is 44.2 Å². The first-order valence-corrected chi connectivity index (χ1v) is 13.5. The fourth-order valence-corrected chi connectivity index (χ4v) is 5.89. The van der Waals surface area contributed by atoms with E-state index in [1.54, 1.807) is 0 Å². The van der Waals surface area contributed by atoms with Gasteiger partial charge in [0.2, 0.25) is 11.2 Å². The molecule has 0 radical (unpaired) electrons. The number of esters is 1. The van der Waals surface area contributed by atoms with Crippen LogP contribution in [0.1, 0.15) is 65.4 Å². The molecule has 1 aromatic carbocycles. The molecule has 0 spiro atoms. The molecule has 0 fully saturated rings. The second kappa shape index (κ2) is 13.9. The Balaban J connectivity index is 3.54. The van der Waals surface area contributed by atoms with Crippen molar-refractivity contribution in [2.75, 3.05) is 20.2 Å². The van der Waals surface area contributed by atoms with Gasteiger partial charge in [-0.2, -0.15) is 0 Å². The zero-order chi connectivity index (χ0) is 27.6. The number of carbonyl (C=O) groups excluding carboxylic acids is 2. The molecule has 1 amide bonds. The third-order valence-electron chi connectivity index (χ3n) is 6.70. The fraction of sp³-hybridized carbons (Fsp3) is 0.654. The Hall–Kier alpha value is -2.22. The third-order valence-corrected chi connectivity index (χ3v) is 8.16. The predicted molar refractivity (Wildman–Crippen MR) is 140 cm³/mol. The van der Waals surface area contributed by atoms with Crippen LogP contribution in [0.5, 0.6) is 0 Å². The van der Waals surface area contributed by atoms with Gasteiger partial charge in [-0.15, -0.1) is 0 Å². The number of aliphatic hydroxyl groups is 1. The summed E-state index contributed by atoms with van der Waals surface area (Å²) in [5.41, 5.74) is 2.47. The van der Waals surface area contributed by atoms with E-state index >= 15 is 0 Å². The molecule has 4 N–H and O–H groups in total. The van der Waals surface area contributed by atoms with E-state index < -0.39 is 42.6 Å². The lowest BCUT2D eigenvalue weighted by Crippen LogP contribution is -2.71. The van der Waals surface area contributed by atoms with E-state index in [0.29, 0.717) is 19.3 Å². The fourth-order valence-electron chi connectivity index (χ4n) is 4.67. The Morgan fingerprint density at radius 1 is 1.11 bits per heavy atom. The molecule has 0 aliphatic heterocycles. The highest BCUT2D eigenvalue weighted by molar-refractivity contribution is 7.28. The summed E-state index contributed by atoms with van der Waals surface area (Å²) in [4.78, 5) is 40.9. The van der Waals surface area contributed by atoms with Crippen LogP contribution in [-0.2, 0) is 30.1 Å². The van der Waals surface area contributed by atoms with Crippen LogP contribution < -0.4 is 5.73 Å². The Morgan fingerprint density at radius 3 is 2.19 bits per heavy atom. The molecule has 2 unspecified atom stereocenters. The minimum absolute atomic E-state index is 0.0216. The summed E-state index contributed by atoms with van der Waals surface area (Å²) >= 11 is 0. The minimum atomic E-state index is -2.50. The lowest BCUT2D eigenvalue weighted by molar-refractivity contribution is -0.198. The highest BCUT2D eigenvalue weighted by Crippen LogP contribution is 2.55. The number of carboxylic acids is 1. The molecule has 0 heterocycles. The number of unbranched alkanes of at least 4 members (excludes halogenated alkanes) is 1. The van der Waals surface area contributed by atoms with Gasteiger partial charge in [0, 0.05) is 13.5 Å². The van der Waals surface area contributed by atoms with Crippen LogP contribution in [0.15, 0.2) is 30.3 Å². The minimum Gasteiger partial charge on any atom is -0.479 e. The smallest absolute Gasteiger partial charge is 0.338 e. The van der Waals surface area contributed by atoms with E-state index in [1.165, 1.54) is 20.9 Å². The molecule has 1 aromatic rings. The maximum atomic E-state index is 13.7. The van der Waals surface area contributed by atoms with E-state index in [2.05, 4.69) is 0 Å². The largest absolute Gasteiger partial charge is 0.479 e. The van der Waals surface area contributed by atoms with Crippen molar-refractivity contribution in [3.63, 3.8) is 0 Å². The number of benzene rings is 1. The van der Waals surface area contributed by atoms with Crippen molar-refractivity contribution in [2.24, 2.45) is 17.1 Å². The van der Waals surface area contributed by atoms with Gasteiger partial charge in [-0.05, 0) is 57.6 Å². The average molecular weight is 527 g/mol. The highest BCUT2D eigenvalue weighted by Gasteiger charge is 2.71. The van der Waals surface area contributed by atoms with Gasteiger partial charge in [0.1, 0.15) is 13.9 Å². The van der Waals surface area contributed by atoms with E-state index in [9.17, 15) is 29.2 Å². The van der Waals surface area contributed by atoms with Crippen molar-refractivity contribution in [2.45, 2.75) is 77.1 Å². The number of likely N-dealkylation sites (N-methyl/N-ethyl adjacent to an activating group) is 1. The number of aliphatic carboxylic acids is 1. The number of amides is 1. The van der Waals surface area contributed by atoms with Crippen LogP contribution in [0.25, 0.3) is 0 Å². The number of nitrogens with two attached hydrogens (primary N) is 1. The van der Waals surface area contributed by atoms with Gasteiger partial charge in [-0.1, -0.05) is 50.6 Å². The van der Waals surface area contributed by atoms with Gasteiger partial charge in [-0.3, -0.25) is 9.59 Å². The lowest BCUT2D eigenvalue weighted by Gasteiger charge is -2.53. The molecule has 0 saturated carbocycles. The quantitative estimate of drug-likeness (QED) is 0.169. The summed E-state index contributed by atoms with van der Waals surface area (Å²) in [5.74, 6) is -3.26. The summed E-state index contributed by atoms with van der Waals surface area (Å²) < 4.78 is 18.5. The first-order chi connectivity index (χ1) is 16.8. The second-order valence-corrected chi connectivity index (χ2v) is 11.3. The molecule has 0 aliphatic rings. The third kappa shape index (κ3) is 6.96. The number of carbonyl (C=O) groups is 3. The molecular formula is C26H43N2O7P. The number of carboxylic acid groups (broad SMARTS) is 1. The molecule has 0 bridgehead atoms. The number of nitrogens with zero attached hydrogens (tertiary/aromatic N) is 1.